The van der Waals surface area contributed by atoms with E-state index in [1.165, 1.54) is 35.4 Å². The lowest BCUT2D eigenvalue weighted by Gasteiger charge is -2.11. The Morgan fingerprint density at radius 2 is 1.81 bits per heavy atom. The van der Waals surface area contributed by atoms with Crippen LogP contribution in [0.5, 0.6) is 5.75 Å². The lowest BCUT2D eigenvalue weighted by atomic mass is 10.2. The number of benzene rings is 3. The molecule has 2 heterocycles. The van der Waals surface area contributed by atoms with Gasteiger partial charge in [0, 0.05) is 12.2 Å². The SMILES string of the molecule is Fc1cccc(COc2ccc(Nc3ncnc4cc(C#CCNCc5ccccc5)sc34)cc2Cl)c1. The molecule has 0 amide bonds. The number of fused-ring (bicyclic) bond motifs is 1. The van der Waals surface area contributed by atoms with Crippen LogP contribution in [-0.4, -0.2) is 16.5 Å². The molecule has 0 radical (unpaired) electrons. The summed E-state index contributed by atoms with van der Waals surface area (Å²) < 4.78 is 20.1. The molecule has 5 rings (SSSR count). The molecule has 0 aliphatic rings. The number of nitrogens with zero attached hydrogens (tertiary/aromatic N) is 2. The molecule has 5 nitrogen and oxygen atoms in total. The molecule has 0 aliphatic carbocycles. The standard InChI is InChI=1S/C29H22ClFN4OS/c30-25-15-23(11-12-27(25)36-18-21-8-4-9-22(31)14-21)35-29-28-26(33-19-34-29)16-24(37-28)10-5-13-32-17-20-6-2-1-3-7-20/h1-4,6-9,11-12,14-16,19,32H,13,17-18H2,(H,33,34,35). The molecule has 0 fully saturated rings. The fourth-order valence-corrected chi connectivity index (χ4v) is 4.79. The second-order valence-corrected chi connectivity index (χ2v) is 9.59. The van der Waals surface area contributed by atoms with Gasteiger partial charge in [-0.15, -0.1) is 11.3 Å². The first-order chi connectivity index (χ1) is 18.1. The number of halogens is 2. The zero-order valence-electron chi connectivity index (χ0n) is 19.7. The Morgan fingerprint density at radius 3 is 2.65 bits per heavy atom. The van der Waals surface area contributed by atoms with Crippen molar-refractivity contribution in [3.63, 3.8) is 0 Å². The summed E-state index contributed by atoms with van der Waals surface area (Å²) in [6, 6.07) is 23.9. The molecule has 37 heavy (non-hydrogen) atoms. The second-order valence-electron chi connectivity index (χ2n) is 8.13. The fraction of sp³-hybridized carbons (Fsp3) is 0.103. The van der Waals surface area contributed by atoms with Crippen LogP contribution in [0.2, 0.25) is 5.02 Å². The number of hydrogen-bond acceptors (Lipinski definition) is 6. The van der Waals surface area contributed by atoms with E-state index in [0.717, 1.165) is 32.9 Å². The maximum absolute atomic E-state index is 13.4. The Bertz CT molecular complexity index is 1580. The lowest BCUT2D eigenvalue weighted by molar-refractivity contribution is 0.306. The number of nitrogens with one attached hydrogen (secondary N) is 2. The minimum absolute atomic E-state index is 0.220. The minimum atomic E-state index is -0.301. The molecule has 2 N–H and O–H groups in total. The van der Waals surface area contributed by atoms with Crippen LogP contribution >= 0.6 is 22.9 Å². The molecule has 0 aliphatic heterocycles. The number of aromatic nitrogens is 2. The maximum Gasteiger partial charge on any atom is 0.151 e. The smallest absolute Gasteiger partial charge is 0.151 e. The van der Waals surface area contributed by atoms with Crippen molar-refractivity contribution < 1.29 is 9.13 Å². The van der Waals surface area contributed by atoms with Gasteiger partial charge in [0.15, 0.2) is 5.82 Å². The molecule has 0 spiro atoms. The van der Waals surface area contributed by atoms with Crippen LogP contribution < -0.4 is 15.4 Å². The molecule has 0 atom stereocenters. The van der Waals surface area contributed by atoms with Gasteiger partial charge in [0.25, 0.3) is 0 Å². The van der Waals surface area contributed by atoms with Crippen molar-refractivity contribution in [1.82, 2.24) is 15.3 Å². The van der Waals surface area contributed by atoms with Crippen molar-refractivity contribution in [3.05, 3.63) is 112 Å². The van der Waals surface area contributed by atoms with E-state index in [4.69, 9.17) is 16.3 Å². The third kappa shape index (κ3) is 6.63. The summed E-state index contributed by atoms with van der Waals surface area (Å²) in [6.07, 6.45) is 1.52. The Balaban J connectivity index is 1.23. The van der Waals surface area contributed by atoms with E-state index >= 15 is 0 Å². The monoisotopic (exact) mass is 528 g/mol. The fourth-order valence-electron chi connectivity index (χ4n) is 3.62. The summed E-state index contributed by atoms with van der Waals surface area (Å²) in [7, 11) is 0. The topological polar surface area (TPSA) is 59.1 Å². The van der Waals surface area contributed by atoms with Gasteiger partial charge in [-0.2, -0.15) is 0 Å². The third-order valence-corrected chi connectivity index (χ3v) is 6.73. The Kier molecular flexibility index (Phi) is 7.92. The number of hydrogen-bond donors (Lipinski definition) is 2. The van der Waals surface area contributed by atoms with Gasteiger partial charge in [0.1, 0.15) is 24.5 Å². The molecule has 3 aromatic carbocycles. The van der Waals surface area contributed by atoms with Crippen LogP contribution in [0.3, 0.4) is 0 Å². The van der Waals surface area contributed by atoms with Gasteiger partial charge in [-0.1, -0.05) is 65.9 Å². The molecule has 5 aromatic rings. The maximum atomic E-state index is 13.4. The van der Waals surface area contributed by atoms with E-state index in [-0.39, 0.29) is 12.4 Å². The van der Waals surface area contributed by atoms with E-state index in [1.54, 1.807) is 24.3 Å². The van der Waals surface area contributed by atoms with E-state index in [0.29, 0.717) is 23.1 Å². The van der Waals surface area contributed by atoms with E-state index in [1.807, 2.05) is 30.3 Å². The highest BCUT2D eigenvalue weighted by molar-refractivity contribution is 7.20. The molecular weight excluding hydrogens is 507 g/mol. The molecule has 8 heteroatoms. The van der Waals surface area contributed by atoms with Crippen LogP contribution in [0.15, 0.2) is 85.2 Å². The van der Waals surface area contributed by atoms with Crippen molar-refractivity contribution in [1.29, 1.82) is 0 Å². The number of ether oxygens (including phenoxy) is 1. The molecule has 0 unspecified atom stereocenters. The molecule has 0 bridgehead atoms. The van der Waals surface area contributed by atoms with Crippen LogP contribution in [0.25, 0.3) is 10.2 Å². The normalized spacial score (nSPS) is 10.6. The van der Waals surface area contributed by atoms with Gasteiger partial charge in [-0.25, -0.2) is 14.4 Å². The van der Waals surface area contributed by atoms with Crippen LogP contribution in [0.1, 0.15) is 16.0 Å². The summed E-state index contributed by atoms with van der Waals surface area (Å²) in [5.74, 6) is 7.27. The largest absolute Gasteiger partial charge is 0.487 e. The Hall–Kier alpha value is -3.96. The summed E-state index contributed by atoms with van der Waals surface area (Å²) in [5.41, 5.74) is 3.54. The third-order valence-electron chi connectivity index (χ3n) is 5.39. The predicted molar refractivity (Wildman–Crippen MR) is 148 cm³/mol. The van der Waals surface area contributed by atoms with Crippen LogP contribution in [0.4, 0.5) is 15.9 Å². The van der Waals surface area contributed by atoms with Gasteiger partial charge in [0.2, 0.25) is 0 Å². The van der Waals surface area contributed by atoms with Crippen molar-refractivity contribution in [3.8, 4) is 17.6 Å². The second kappa shape index (κ2) is 11.8. The Morgan fingerprint density at radius 1 is 0.946 bits per heavy atom. The van der Waals surface area contributed by atoms with Crippen molar-refractivity contribution in [2.75, 3.05) is 11.9 Å². The van der Waals surface area contributed by atoms with Crippen molar-refractivity contribution in [2.24, 2.45) is 0 Å². The zero-order valence-corrected chi connectivity index (χ0v) is 21.2. The summed E-state index contributed by atoms with van der Waals surface area (Å²) in [4.78, 5) is 9.71. The average Bonchev–Trinajstić information content (AvgIpc) is 3.33. The first-order valence-electron chi connectivity index (χ1n) is 11.6. The van der Waals surface area contributed by atoms with Gasteiger partial charge in [-0.3, -0.25) is 0 Å². The van der Waals surface area contributed by atoms with Gasteiger partial charge in [0.05, 0.1) is 26.7 Å². The first-order valence-corrected chi connectivity index (χ1v) is 12.8. The van der Waals surface area contributed by atoms with Crippen molar-refractivity contribution in [2.45, 2.75) is 13.2 Å². The molecule has 184 valence electrons. The molecular formula is C29H22ClFN4OS. The van der Waals surface area contributed by atoms with Crippen molar-refractivity contribution >= 4 is 44.7 Å². The van der Waals surface area contributed by atoms with Crippen LogP contribution in [0, 0.1) is 17.7 Å². The average molecular weight is 529 g/mol. The molecule has 0 saturated heterocycles. The predicted octanol–water partition coefficient (Wildman–Crippen LogP) is 6.95. The highest BCUT2D eigenvalue weighted by Crippen LogP contribution is 2.33. The lowest BCUT2D eigenvalue weighted by Crippen LogP contribution is -2.12. The van der Waals surface area contributed by atoms with Gasteiger partial charge < -0.3 is 15.4 Å². The summed E-state index contributed by atoms with van der Waals surface area (Å²) in [5, 5.41) is 7.08. The van der Waals surface area contributed by atoms with E-state index in [2.05, 4.69) is 44.6 Å². The van der Waals surface area contributed by atoms with E-state index < -0.39 is 0 Å². The summed E-state index contributed by atoms with van der Waals surface area (Å²) in [6.45, 7) is 1.59. The number of anilines is 2. The highest BCUT2D eigenvalue weighted by atomic mass is 35.5. The Labute approximate surface area is 223 Å². The summed E-state index contributed by atoms with van der Waals surface area (Å²) >= 11 is 7.98. The highest BCUT2D eigenvalue weighted by Gasteiger charge is 2.10. The van der Waals surface area contributed by atoms with Gasteiger partial charge >= 0.3 is 0 Å². The number of thiophene rings is 1. The zero-order chi connectivity index (χ0) is 25.5. The van der Waals surface area contributed by atoms with Crippen LogP contribution in [-0.2, 0) is 13.2 Å². The minimum Gasteiger partial charge on any atom is -0.487 e. The first kappa shape index (κ1) is 24.7. The molecule has 0 saturated carbocycles. The number of rotatable bonds is 8. The van der Waals surface area contributed by atoms with E-state index in [9.17, 15) is 4.39 Å². The van der Waals surface area contributed by atoms with Gasteiger partial charge in [-0.05, 0) is 47.5 Å². The quantitative estimate of drug-likeness (QED) is 0.169. The molecule has 2 aromatic heterocycles.